The van der Waals surface area contributed by atoms with Crippen LogP contribution in [0.15, 0.2) is 0 Å². The summed E-state index contributed by atoms with van der Waals surface area (Å²) in [6.07, 6.45) is 21.4. The molecular weight excluding hydrogens is 785 g/mol. The number of aliphatic hydroxyl groups is 1. The van der Waals surface area contributed by atoms with Crippen LogP contribution in [0.25, 0.3) is 0 Å². The van der Waals surface area contributed by atoms with Gasteiger partial charge in [-0.2, -0.15) is 0 Å². The lowest BCUT2D eigenvalue weighted by atomic mass is 9.41. The van der Waals surface area contributed by atoms with E-state index in [1.54, 1.807) is 13.8 Å². The predicted molar refractivity (Wildman–Crippen MR) is 251 cm³/mol. The number of carboxylic acid groups (broad SMARTS) is 1. The van der Waals surface area contributed by atoms with E-state index in [4.69, 9.17) is 9.47 Å². The van der Waals surface area contributed by atoms with E-state index in [0.717, 1.165) is 43.9 Å². The first-order valence-corrected chi connectivity index (χ1v) is 26.9. The van der Waals surface area contributed by atoms with Crippen LogP contribution in [-0.4, -0.2) is 46.9 Å². The smallest absolute Gasteiger partial charge is 0.303 e. The van der Waals surface area contributed by atoms with E-state index >= 15 is 0 Å². The predicted octanol–water partition coefficient (Wildman–Crippen LogP) is 13.0. The number of carbonyl (C=O) groups excluding carboxylic acids is 2. The van der Waals surface area contributed by atoms with E-state index in [2.05, 4.69) is 69.2 Å². The molecule has 8 saturated carbocycles. The standard InChI is InChI=1S/C28H46O4.C28H48O3/c1-7-19-23-14-16(2)10-12-28(23,6)22-11-13-27(5)20(17(3)15-24(30)31)8-9-21(27)25(22)26(19)32-18(4)29;1-7-20-24-16-17(2)10-13-28(24,6)23-11-14-27(5)21(18(3)12-15-29)8-9-22(27)25(23)26(20)31-19(4)30/h16-17,19-23,25-26H,7-15H2,1-6H3,(H,30,31);17-18,20-26,29H,7-16H2,1-6H3/t16-,17-,19-,20-,21?,22?,23+,25?,26-,27-,28-;17-,18-,20-,21-,22?,23?,24+,25?,26-,27-,28-/m11/s1. The minimum atomic E-state index is -0.675. The van der Waals surface area contributed by atoms with Crippen LogP contribution in [-0.2, 0) is 23.9 Å². The maximum absolute atomic E-state index is 12.3. The molecule has 0 spiro atoms. The van der Waals surface area contributed by atoms with E-state index in [1.807, 2.05) is 0 Å². The number of carboxylic acids is 1. The molecule has 0 aromatic heterocycles. The van der Waals surface area contributed by atoms with Gasteiger partial charge in [0.1, 0.15) is 12.2 Å². The first kappa shape index (κ1) is 49.3. The van der Waals surface area contributed by atoms with Crippen molar-refractivity contribution in [2.24, 2.45) is 116 Å². The zero-order valence-corrected chi connectivity index (χ0v) is 42.3. The second-order valence-electron chi connectivity index (χ2n) is 25.4. The number of carbonyl (C=O) groups is 3. The second kappa shape index (κ2) is 18.8. The van der Waals surface area contributed by atoms with Crippen LogP contribution in [0.1, 0.15) is 199 Å². The number of aliphatic hydroxyl groups excluding tert-OH is 1. The molecule has 360 valence electrons. The normalized spacial score (nSPS) is 49.5. The van der Waals surface area contributed by atoms with Gasteiger partial charge in [0.25, 0.3) is 0 Å². The van der Waals surface area contributed by atoms with Crippen molar-refractivity contribution in [1.82, 2.24) is 0 Å². The number of aliphatic carboxylic acids is 1. The third kappa shape index (κ3) is 8.52. The van der Waals surface area contributed by atoms with Gasteiger partial charge in [-0.3, -0.25) is 14.4 Å². The molecule has 0 bridgehead atoms. The van der Waals surface area contributed by atoms with Gasteiger partial charge in [-0.15, -0.1) is 0 Å². The summed E-state index contributed by atoms with van der Waals surface area (Å²) >= 11 is 0. The molecule has 8 aliphatic carbocycles. The summed E-state index contributed by atoms with van der Waals surface area (Å²) in [4.78, 5) is 36.1. The summed E-state index contributed by atoms with van der Waals surface area (Å²) in [6, 6.07) is 0. The number of esters is 2. The minimum absolute atomic E-state index is 0.0315. The molecule has 0 aliphatic heterocycles. The summed E-state index contributed by atoms with van der Waals surface area (Å²) in [5.41, 5.74) is 1.25. The Bertz CT molecular complexity index is 1630. The summed E-state index contributed by atoms with van der Waals surface area (Å²) in [6.45, 7) is 27.7. The third-order valence-corrected chi connectivity index (χ3v) is 22.5. The molecule has 0 amide bonds. The lowest BCUT2D eigenvalue weighted by molar-refractivity contribution is -0.214. The van der Waals surface area contributed by atoms with E-state index in [1.165, 1.54) is 77.0 Å². The fourth-order valence-corrected chi connectivity index (χ4v) is 19.8. The highest BCUT2D eigenvalue weighted by molar-refractivity contribution is 5.67. The molecule has 8 aliphatic rings. The quantitative estimate of drug-likeness (QED) is 0.210. The fraction of sp³-hybridized carbons (Fsp3) is 0.946. The van der Waals surface area contributed by atoms with Gasteiger partial charge < -0.3 is 19.7 Å². The number of fused-ring (bicyclic) bond motifs is 10. The van der Waals surface area contributed by atoms with Gasteiger partial charge in [0.15, 0.2) is 0 Å². The van der Waals surface area contributed by atoms with Gasteiger partial charge in [0.05, 0.1) is 0 Å². The monoisotopic (exact) mass is 879 g/mol. The molecule has 6 unspecified atom stereocenters. The van der Waals surface area contributed by atoms with Gasteiger partial charge >= 0.3 is 17.9 Å². The molecule has 0 aromatic rings. The van der Waals surface area contributed by atoms with E-state index < -0.39 is 5.97 Å². The number of hydrogen-bond acceptors (Lipinski definition) is 6. The Kier molecular flexibility index (Phi) is 14.7. The van der Waals surface area contributed by atoms with E-state index in [0.29, 0.717) is 99.8 Å². The van der Waals surface area contributed by atoms with E-state index in [-0.39, 0.29) is 41.9 Å². The Labute approximate surface area is 384 Å². The Morgan fingerprint density at radius 3 is 1.32 bits per heavy atom. The minimum Gasteiger partial charge on any atom is -0.481 e. The zero-order valence-electron chi connectivity index (χ0n) is 42.3. The van der Waals surface area contributed by atoms with Crippen molar-refractivity contribution >= 4 is 17.9 Å². The van der Waals surface area contributed by atoms with Crippen molar-refractivity contribution in [3.8, 4) is 0 Å². The fourth-order valence-electron chi connectivity index (χ4n) is 19.8. The van der Waals surface area contributed by atoms with Gasteiger partial charge in [-0.05, 0) is 201 Å². The van der Waals surface area contributed by atoms with Crippen LogP contribution in [0, 0.1) is 116 Å². The maximum atomic E-state index is 12.3. The Morgan fingerprint density at radius 2 is 0.952 bits per heavy atom. The van der Waals surface area contributed by atoms with Gasteiger partial charge in [0, 0.05) is 38.7 Å². The Hall–Kier alpha value is -1.63. The van der Waals surface area contributed by atoms with Crippen molar-refractivity contribution < 1.29 is 34.1 Å². The average Bonchev–Trinajstić information content (AvgIpc) is 3.76. The summed E-state index contributed by atoms with van der Waals surface area (Å²) in [5, 5.41) is 19.0. The molecule has 0 radical (unpaired) electrons. The number of hydrogen-bond donors (Lipinski definition) is 2. The molecular formula is C56H94O7. The second-order valence-corrected chi connectivity index (χ2v) is 25.4. The Balaban J connectivity index is 0.000000189. The highest BCUT2D eigenvalue weighted by atomic mass is 16.5. The molecule has 0 aromatic carbocycles. The highest BCUT2D eigenvalue weighted by Crippen LogP contribution is 2.72. The van der Waals surface area contributed by atoms with Crippen molar-refractivity contribution in [3.63, 3.8) is 0 Å². The van der Waals surface area contributed by atoms with Crippen LogP contribution in [0.4, 0.5) is 0 Å². The van der Waals surface area contributed by atoms with Crippen LogP contribution in [0.5, 0.6) is 0 Å². The van der Waals surface area contributed by atoms with Crippen molar-refractivity contribution in [1.29, 1.82) is 0 Å². The summed E-state index contributed by atoms with van der Waals surface area (Å²) < 4.78 is 12.6. The van der Waals surface area contributed by atoms with Crippen LogP contribution < -0.4 is 0 Å². The largest absolute Gasteiger partial charge is 0.481 e. The van der Waals surface area contributed by atoms with Gasteiger partial charge in [0.2, 0.25) is 0 Å². The molecule has 2 N–H and O–H groups in total. The first-order valence-electron chi connectivity index (χ1n) is 26.9. The SMILES string of the molecule is CC[C@H]1[C@@H](OC(C)=O)C2C3CC[C@H]([C@H](C)CC(=O)O)[C@@]3(C)CCC2[C@@]2(C)CC[C@@H](C)C[C@@H]12.CC[C@H]1[C@@H](OC(C)=O)C2C3CC[C@H]([C@H](C)CCO)[C@@]3(C)CCC2[C@@]2(C)CC[C@@H](C)C[C@@H]12. The molecule has 0 saturated heterocycles. The topological polar surface area (TPSA) is 110 Å². The molecule has 8 rings (SSSR count). The maximum Gasteiger partial charge on any atom is 0.303 e. The number of ether oxygens (including phenoxy) is 2. The molecule has 7 heteroatoms. The molecule has 0 heterocycles. The van der Waals surface area contributed by atoms with Gasteiger partial charge in [-0.1, -0.05) is 82.1 Å². The van der Waals surface area contributed by atoms with Crippen LogP contribution in [0.2, 0.25) is 0 Å². The average molecular weight is 879 g/mol. The lowest BCUT2D eigenvalue weighted by Gasteiger charge is -2.65. The summed E-state index contributed by atoms with van der Waals surface area (Å²) in [7, 11) is 0. The highest BCUT2D eigenvalue weighted by Gasteiger charge is 2.67. The van der Waals surface area contributed by atoms with Crippen LogP contribution in [0.3, 0.4) is 0 Å². The van der Waals surface area contributed by atoms with Crippen molar-refractivity contribution in [2.45, 2.75) is 211 Å². The van der Waals surface area contributed by atoms with Gasteiger partial charge in [-0.25, -0.2) is 0 Å². The molecule has 63 heavy (non-hydrogen) atoms. The zero-order chi connectivity index (χ0) is 46.0. The summed E-state index contributed by atoms with van der Waals surface area (Å²) in [5.74, 6) is 8.39. The third-order valence-electron chi connectivity index (χ3n) is 22.5. The molecule has 7 nitrogen and oxygen atoms in total. The Morgan fingerprint density at radius 1 is 0.571 bits per heavy atom. The first-order chi connectivity index (χ1) is 29.7. The molecule has 22 atom stereocenters. The van der Waals surface area contributed by atoms with Crippen molar-refractivity contribution in [2.75, 3.05) is 6.61 Å². The van der Waals surface area contributed by atoms with Crippen LogP contribution >= 0.6 is 0 Å². The number of rotatable bonds is 10. The molecule has 8 fully saturated rings. The van der Waals surface area contributed by atoms with E-state index in [9.17, 15) is 24.6 Å². The van der Waals surface area contributed by atoms with Crippen molar-refractivity contribution in [3.05, 3.63) is 0 Å². The lowest BCUT2D eigenvalue weighted by Crippen LogP contribution is -2.62.